The molecule has 5 heteroatoms. The summed E-state index contributed by atoms with van der Waals surface area (Å²) in [4.78, 5) is 11.7. The van der Waals surface area contributed by atoms with Crippen molar-refractivity contribution in [2.45, 2.75) is 27.3 Å². The normalized spacial score (nSPS) is 11.0. The molecule has 2 amide bonds. The Bertz CT molecular complexity index is 442. The third kappa shape index (κ3) is 5.83. The van der Waals surface area contributed by atoms with Crippen LogP contribution in [-0.2, 0) is 6.54 Å². The maximum atomic E-state index is 11.7. The molecule has 1 rings (SSSR count). The minimum atomic E-state index is -0.197. The summed E-state index contributed by atoms with van der Waals surface area (Å²) >= 11 is 5.93. The van der Waals surface area contributed by atoms with E-state index in [9.17, 15) is 4.79 Å². The SMILES string of the molecule is COc1ccc(Cl)cc1CNC(=O)NCC(C)(C)C. The summed E-state index contributed by atoms with van der Waals surface area (Å²) in [6, 6.07) is 5.12. The molecule has 0 aliphatic carbocycles. The van der Waals surface area contributed by atoms with Gasteiger partial charge in [-0.25, -0.2) is 4.79 Å². The van der Waals surface area contributed by atoms with E-state index in [1.165, 1.54) is 0 Å². The number of methoxy groups -OCH3 is 1. The Labute approximate surface area is 119 Å². The van der Waals surface area contributed by atoms with Crippen LogP contribution >= 0.6 is 11.6 Å². The van der Waals surface area contributed by atoms with Gasteiger partial charge in [0.05, 0.1) is 7.11 Å². The Morgan fingerprint density at radius 3 is 2.58 bits per heavy atom. The average molecular weight is 285 g/mol. The fourth-order valence-corrected chi connectivity index (χ4v) is 1.66. The lowest BCUT2D eigenvalue weighted by molar-refractivity contribution is 0.235. The van der Waals surface area contributed by atoms with Crippen LogP contribution in [-0.4, -0.2) is 19.7 Å². The second-order valence-corrected chi connectivity index (χ2v) is 5.99. The zero-order chi connectivity index (χ0) is 14.5. The molecule has 0 fully saturated rings. The molecule has 1 aromatic carbocycles. The van der Waals surface area contributed by atoms with E-state index >= 15 is 0 Å². The number of hydrogen-bond acceptors (Lipinski definition) is 2. The van der Waals surface area contributed by atoms with Gasteiger partial charge in [-0.2, -0.15) is 0 Å². The molecule has 0 saturated heterocycles. The number of rotatable bonds is 4. The maximum absolute atomic E-state index is 11.7. The topological polar surface area (TPSA) is 50.4 Å². The predicted octanol–water partition coefficient (Wildman–Crippen LogP) is 3.19. The van der Waals surface area contributed by atoms with Crippen LogP contribution in [0.5, 0.6) is 5.75 Å². The molecule has 0 radical (unpaired) electrons. The highest BCUT2D eigenvalue weighted by Gasteiger charge is 2.12. The van der Waals surface area contributed by atoms with Crippen molar-refractivity contribution in [3.63, 3.8) is 0 Å². The van der Waals surface area contributed by atoms with Crippen LogP contribution in [0.1, 0.15) is 26.3 Å². The van der Waals surface area contributed by atoms with E-state index in [4.69, 9.17) is 16.3 Å². The largest absolute Gasteiger partial charge is 0.496 e. The van der Waals surface area contributed by atoms with Gasteiger partial charge in [-0.05, 0) is 23.6 Å². The third-order valence-electron chi connectivity index (χ3n) is 2.46. The summed E-state index contributed by atoms with van der Waals surface area (Å²) in [6.45, 7) is 7.18. The average Bonchev–Trinajstić information content (AvgIpc) is 2.33. The molecule has 0 aliphatic heterocycles. The second-order valence-electron chi connectivity index (χ2n) is 5.55. The van der Waals surface area contributed by atoms with Crippen LogP contribution in [0.3, 0.4) is 0 Å². The van der Waals surface area contributed by atoms with Crippen LogP contribution < -0.4 is 15.4 Å². The van der Waals surface area contributed by atoms with Crippen LogP contribution in [0.25, 0.3) is 0 Å². The number of benzene rings is 1. The zero-order valence-corrected chi connectivity index (χ0v) is 12.6. The lowest BCUT2D eigenvalue weighted by Gasteiger charge is -2.19. The summed E-state index contributed by atoms with van der Waals surface area (Å²) in [6.07, 6.45) is 0. The molecule has 0 unspecified atom stereocenters. The fourth-order valence-electron chi connectivity index (χ4n) is 1.47. The van der Waals surface area contributed by atoms with Crippen molar-refractivity contribution in [1.82, 2.24) is 10.6 Å². The van der Waals surface area contributed by atoms with Gasteiger partial charge in [0.15, 0.2) is 0 Å². The van der Waals surface area contributed by atoms with E-state index in [1.54, 1.807) is 25.3 Å². The van der Waals surface area contributed by atoms with Gasteiger partial charge < -0.3 is 15.4 Å². The van der Waals surface area contributed by atoms with Crippen LogP contribution in [0.15, 0.2) is 18.2 Å². The Morgan fingerprint density at radius 1 is 1.32 bits per heavy atom. The standard InChI is InChI=1S/C14H21ClN2O2/c1-14(2,3)9-17-13(18)16-8-10-7-11(15)5-6-12(10)19-4/h5-7H,8-9H2,1-4H3,(H2,16,17,18). The van der Waals surface area contributed by atoms with Gasteiger partial charge in [-0.1, -0.05) is 32.4 Å². The highest BCUT2D eigenvalue weighted by Crippen LogP contribution is 2.22. The fraction of sp³-hybridized carbons (Fsp3) is 0.500. The number of urea groups is 1. The van der Waals surface area contributed by atoms with Gasteiger partial charge in [0, 0.05) is 23.7 Å². The number of ether oxygens (including phenoxy) is 1. The molecular weight excluding hydrogens is 264 g/mol. The highest BCUT2D eigenvalue weighted by molar-refractivity contribution is 6.30. The van der Waals surface area contributed by atoms with Gasteiger partial charge in [-0.3, -0.25) is 0 Å². The summed E-state index contributed by atoms with van der Waals surface area (Å²) in [5.41, 5.74) is 0.909. The zero-order valence-electron chi connectivity index (χ0n) is 11.8. The summed E-state index contributed by atoms with van der Waals surface area (Å²) < 4.78 is 5.22. The quantitative estimate of drug-likeness (QED) is 0.892. The molecule has 0 aliphatic rings. The number of halogens is 1. The van der Waals surface area contributed by atoms with Crippen molar-refractivity contribution in [2.24, 2.45) is 5.41 Å². The van der Waals surface area contributed by atoms with Gasteiger partial charge in [0.25, 0.3) is 0 Å². The van der Waals surface area contributed by atoms with Gasteiger partial charge in [0.1, 0.15) is 5.75 Å². The van der Waals surface area contributed by atoms with E-state index in [0.717, 1.165) is 5.56 Å². The number of hydrogen-bond donors (Lipinski definition) is 2. The Hall–Kier alpha value is -1.42. The van der Waals surface area contributed by atoms with E-state index in [0.29, 0.717) is 23.9 Å². The maximum Gasteiger partial charge on any atom is 0.315 e. The number of nitrogens with one attached hydrogen (secondary N) is 2. The van der Waals surface area contributed by atoms with Crippen LogP contribution in [0, 0.1) is 5.41 Å². The predicted molar refractivity (Wildman–Crippen MR) is 77.7 cm³/mol. The first-order valence-electron chi connectivity index (χ1n) is 6.16. The number of carbonyl (C=O) groups excluding carboxylic acids is 1. The Balaban J connectivity index is 2.52. The summed E-state index contributed by atoms with van der Waals surface area (Å²) in [5.74, 6) is 0.709. The summed E-state index contributed by atoms with van der Waals surface area (Å²) in [5, 5.41) is 6.22. The molecule has 19 heavy (non-hydrogen) atoms. The molecule has 4 nitrogen and oxygen atoms in total. The minimum absolute atomic E-state index is 0.0606. The first kappa shape index (κ1) is 15.6. The third-order valence-corrected chi connectivity index (χ3v) is 2.70. The first-order chi connectivity index (χ1) is 8.81. The van der Waals surface area contributed by atoms with E-state index in [1.807, 2.05) is 0 Å². The van der Waals surface area contributed by atoms with Crippen molar-refractivity contribution < 1.29 is 9.53 Å². The second kappa shape index (κ2) is 6.66. The van der Waals surface area contributed by atoms with Crippen molar-refractivity contribution in [1.29, 1.82) is 0 Å². The molecule has 0 saturated carbocycles. The smallest absolute Gasteiger partial charge is 0.315 e. The van der Waals surface area contributed by atoms with Gasteiger partial charge in [0.2, 0.25) is 0 Å². The Kier molecular flexibility index (Phi) is 5.48. The Morgan fingerprint density at radius 2 is 2.00 bits per heavy atom. The van der Waals surface area contributed by atoms with Crippen molar-refractivity contribution in [3.8, 4) is 5.75 Å². The van der Waals surface area contributed by atoms with Crippen LogP contribution in [0.4, 0.5) is 4.79 Å². The summed E-state index contributed by atoms with van der Waals surface area (Å²) in [7, 11) is 1.59. The lowest BCUT2D eigenvalue weighted by atomic mass is 9.97. The molecular formula is C14H21ClN2O2. The van der Waals surface area contributed by atoms with Crippen molar-refractivity contribution in [3.05, 3.63) is 28.8 Å². The molecule has 0 spiro atoms. The molecule has 1 aromatic rings. The van der Waals surface area contributed by atoms with Gasteiger partial charge >= 0.3 is 6.03 Å². The molecule has 0 heterocycles. The molecule has 106 valence electrons. The first-order valence-corrected chi connectivity index (χ1v) is 6.54. The highest BCUT2D eigenvalue weighted by atomic mass is 35.5. The molecule has 0 bridgehead atoms. The van der Waals surface area contributed by atoms with Crippen molar-refractivity contribution >= 4 is 17.6 Å². The van der Waals surface area contributed by atoms with E-state index in [2.05, 4.69) is 31.4 Å². The molecule has 2 N–H and O–H groups in total. The van der Waals surface area contributed by atoms with E-state index in [-0.39, 0.29) is 11.4 Å². The van der Waals surface area contributed by atoms with E-state index < -0.39 is 0 Å². The number of amides is 2. The van der Waals surface area contributed by atoms with Crippen LogP contribution in [0.2, 0.25) is 5.02 Å². The number of carbonyl (C=O) groups is 1. The van der Waals surface area contributed by atoms with Gasteiger partial charge in [-0.15, -0.1) is 0 Å². The van der Waals surface area contributed by atoms with Crippen molar-refractivity contribution in [2.75, 3.05) is 13.7 Å². The molecule has 0 aromatic heterocycles. The minimum Gasteiger partial charge on any atom is -0.496 e. The lowest BCUT2D eigenvalue weighted by Crippen LogP contribution is -2.39. The monoisotopic (exact) mass is 284 g/mol. The molecule has 0 atom stereocenters.